The maximum atomic E-state index is 6.23. The van der Waals surface area contributed by atoms with Gasteiger partial charge in [0.25, 0.3) is 0 Å². The van der Waals surface area contributed by atoms with Crippen molar-refractivity contribution in [3.63, 3.8) is 0 Å². The summed E-state index contributed by atoms with van der Waals surface area (Å²) in [7, 11) is 0. The van der Waals surface area contributed by atoms with Crippen LogP contribution in [-0.4, -0.2) is 0 Å². The maximum Gasteiger partial charge on any atom is 0.135 e. The first-order chi connectivity index (χ1) is 30.3. The van der Waals surface area contributed by atoms with Gasteiger partial charge in [0, 0.05) is 33.1 Å². The second-order valence-electron chi connectivity index (χ2n) is 18.1. The molecule has 8 aromatic carbocycles. The molecule has 1 atom stereocenters. The van der Waals surface area contributed by atoms with E-state index in [1.807, 2.05) is 6.07 Å². The molecule has 0 amide bonds. The van der Waals surface area contributed by atoms with Crippen molar-refractivity contribution in [3.8, 4) is 22.3 Å². The first kappa shape index (κ1) is 36.7. The largest absolute Gasteiger partial charge is 0.456 e. The van der Waals surface area contributed by atoms with Gasteiger partial charge in [0.2, 0.25) is 0 Å². The van der Waals surface area contributed by atoms with Gasteiger partial charge in [-0.15, -0.1) is 0 Å². The van der Waals surface area contributed by atoms with Crippen molar-refractivity contribution in [1.82, 2.24) is 0 Å². The zero-order chi connectivity index (χ0) is 41.7. The van der Waals surface area contributed by atoms with Crippen molar-refractivity contribution >= 4 is 44.6 Å². The Morgan fingerprint density at radius 1 is 0.548 bits per heavy atom. The third kappa shape index (κ3) is 5.16. The van der Waals surface area contributed by atoms with Gasteiger partial charge in [-0.1, -0.05) is 166 Å². The van der Waals surface area contributed by atoms with Gasteiger partial charge in [-0.3, -0.25) is 0 Å². The highest BCUT2D eigenvalue weighted by Gasteiger charge is 2.50. The highest BCUT2D eigenvalue weighted by atomic mass is 16.3. The Balaban J connectivity index is 1.11. The second-order valence-corrected chi connectivity index (χ2v) is 18.1. The van der Waals surface area contributed by atoms with Crippen molar-refractivity contribution in [3.05, 3.63) is 239 Å². The third-order valence-electron chi connectivity index (χ3n) is 14.3. The molecule has 0 bridgehead atoms. The minimum atomic E-state index is -0.448. The van der Waals surface area contributed by atoms with Crippen LogP contribution < -0.4 is 4.90 Å². The van der Waals surface area contributed by atoms with Crippen molar-refractivity contribution in [2.45, 2.75) is 44.9 Å². The number of benzene rings is 8. The number of anilines is 3. The molecule has 12 rings (SSSR count). The molecule has 9 aromatic rings. The SMILES string of the molecule is Cc1cc(N(c2ccc3c(c2)C(C)(C)c2ccccc2-3)c2cccc3c2C2=C(C(C)CC=C2)C3(c2ccccc2)c2ccccc2)ccc1-c1ccc2oc3ccccc3c2c1. The predicted octanol–water partition coefficient (Wildman–Crippen LogP) is 16.0. The van der Waals surface area contributed by atoms with Crippen LogP contribution >= 0.6 is 0 Å². The van der Waals surface area contributed by atoms with Crippen LogP contribution in [0.4, 0.5) is 17.1 Å². The van der Waals surface area contributed by atoms with Crippen molar-refractivity contribution < 1.29 is 4.42 Å². The number of furan rings is 1. The molecule has 1 heterocycles. The normalized spacial score (nSPS) is 16.6. The summed E-state index contributed by atoms with van der Waals surface area (Å²) in [5.41, 5.74) is 21.8. The van der Waals surface area contributed by atoms with E-state index in [9.17, 15) is 0 Å². The number of para-hydroxylation sites is 1. The zero-order valence-electron chi connectivity index (χ0n) is 35.6. The molecule has 3 aliphatic rings. The summed E-state index contributed by atoms with van der Waals surface area (Å²) in [6.07, 6.45) is 5.83. The Morgan fingerprint density at radius 2 is 1.19 bits per heavy atom. The summed E-state index contributed by atoms with van der Waals surface area (Å²) < 4.78 is 6.23. The minimum absolute atomic E-state index is 0.144. The number of rotatable bonds is 6. The van der Waals surface area contributed by atoms with Gasteiger partial charge in [-0.25, -0.2) is 0 Å². The fourth-order valence-corrected chi connectivity index (χ4v) is 11.5. The van der Waals surface area contributed by atoms with Crippen LogP contribution in [0.5, 0.6) is 0 Å². The molecule has 2 heteroatoms. The molecule has 298 valence electrons. The lowest BCUT2D eigenvalue weighted by molar-refractivity contribution is 0.583. The molecule has 3 aliphatic carbocycles. The van der Waals surface area contributed by atoms with Crippen LogP contribution in [0.1, 0.15) is 66.1 Å². The van der Waals surface area contributed by atoms with E-state index < -0.39 is 5.41 Å². The van der Waals surface area contributed by atoms with E-state index in [-0.39, 0.29) is 5.41 Å². The molecular weight excluding hydrogens is 751 g/mol. The van der Waals surface area contributed by atoms with Gasteiger partial charge >= 0.3 is 0 Å². The first-order valence-corrected chi connectivity index (χ1v) is 22.1. The minimum Gasteiger partial charge on any atom is -0.456 e. The van der Waals surface area contributed by atoms with Gasteiger partial charge in [-0.05, 0) is 135 Å². The van der Waals surface area contributed by atoms with Gasteiger partial charge in [0.15, 0.2) is 0 Å². The van der Waals surface area contributed by atoms with E-state index in [0.717, 1.165) is 39.7 Å². The Hall–Kier alpha value is -7.16. The van der Waals surface area contributed by atoms with Crippen LogP contribution in [0.2, 0.25) is 0 Å². The Labute approximate surface area is 364 Å². The number of fused-ring (bicyclic) bond motifs is 8. The lowest BCUT2D eigenvalue weighted by atomic mass is 9.63. The highest BCUT2D eigenvalue weighted by Crippen LogP contribution is 2.61. The fourth-order valence-electron chi connectivity index (χ4n) is 11.5. The molecular formula is C60H47NO. The first-order valence-electron chi connectivity index (χ1n) is 22.1. The monoisotopic (exact) mass is 797 g/mol. The maximum absolute atomic E-state index is 6.23. The Bertz CT molecular complexity index is 3290. The molecule has 1 unspecified atom stereocenters. The van der Waals surface area contributed by atoms with Gasteiger partial charge in [0.1, 0.15) is 11.2 Å². The summed E-state index contributed by atoms with van der Waals surface area (Å²) in [5, 5.41) is 2.29. The number of aryl methyl sites for hydroxylation is 1. The smallest absolute Gasteiger partial charge is 0.135 e. The van der Waals surface area contributed by atoms with Gasteiger partial charge < -0.3 is 9.32 Å². The number of hydrogen-bond acceptors (Lipinski definition) is 2. The molecule has 0 saturated carbocycles. The van der Waals surface area contributed by atoms with E-state index in [1.165, 1.54) is 78.0 Å². The molecule has 1 aromatic heterocycles. The standard InChI is InChI=1S/C60H47NO/c1-38-17-15-24-49-57-52(60(58(38)49,41-18-7-5-8-19-41)42-20-9-6-10-21-42)26-16-27-54(57)61(44-31-33-47-46-22-11-13-25-51(46)59(3,4)53(47)37-44)43-30-32-45(39(2)35-43)40-29-34-56-50(36-40)48-23-12-14-28-55(48)62-56/h5-16,18-38H,17H2,1-4H3. The third-order valence-corrected chi connectivity index (χ3v) is 14.3. The lowest BCUT2D eigenvalue weighted by Crippen LogP contribution is -2.33. The Morgan fingerprint density at radius 3 is 1.97 bits per heavy atom. The van der Waals surface area contributed by atoms with Gasteiger partial charge in [-0.2, -0.15) is 0 Å². The van der Waals surface area contributed by atoms with Crippen LogP contribution in [-0.2, 0) is 10.8 Å². The Kier molecular flexibility index (Phi) is 8.09. The average molecular weight is 798 g/mol. The van der Waals surface area contributed by atoms with Crippen LogP contribution in [0.25, 0.3) is 49.8 Å². The van der Waals surface area contributed by atoms with Crippen molar-refractivity contribution in [2.24, 2.45) is 5.92 Å². The summed E-state index contributed by atoms with van der Waals surface area (Å²) in [6.45, 7) is 9.44. The van der Waals surface area contributed by atoms with E-state index >= 15 is 0 Å². The molecule has 0 radical (unpaired) electrons. The molecule has 62 heavy (non-hydrogen) atoms. The quantitative estimate of drug-likeness (QED) is 0.167. The van der Waals surface area contributed by atoms with E-state index in [0.29, 0.717) is 5.92 Å². The zero-order valence-corrected chi connectivity index (χ0v) is 35.6. The fraction of sp³-hybridized carbons (Fsp3) is 0.133. The second kappa shape index (κ2) is 13.7. The van der Waals surface area contributed by atoms with Crippen LogP contribution in [0, 0.1) is 12.8 Å². The van der Waals surface area contributed by atoms with E-state index in [1.54, 1.807) is 0 Å². The summed E-state index contributed by atoms with van der Waals surface area (Å²) in [4.78, 5) is 2.55. The van der Waals surface area contributed by atoms with Crippen LogP contribution in [0.3, 0.4) is 0 Å². The highest BCUT2D eigenvalue weighted by molar-refractivity contribution is 6.06. The molecule has 0 N–H and O–H groups in total. The summed E-state index contributed by atoms with van der Waals surface area (Å²) in [6, 6.07) is 67.7. The van der Waals surface area contributed by atoms with E-state index in [2.05, 4.69) is 221 Å². The van der Waals surface area contributed by atoms with Crippen molar-refractivity contribution in [1.29, 1.82) is 0 Å². The van der Waals surface area contributed by atoms with Crippen molar-refractivity contribution in [2.75, 3.05) is 4.90 Å². The average Bonchev–Trinajstić information content (AvgIpc) is 3.92. The topological polar surface area (TPSA) is 16.4 Å². The van der Waals surface area contributed by atoms with Crippen LogP contribution in [0.15, 0.2) is 204 Å². The number of hydrogen-bond donors (Lipinski definition) is 0. The number of nitrogens with zero attached hydrogens (tertiary/aromatic N) is 1. The summed E-state index contributed by atoms with van der Waals surface area (Å²) in [5.74, 6) is 0.342. The van der Waals surface area contributed by atoms with Gasteiger partial charge in [0.05, 0.1) is 11.1 Å². The molecule has 0 spiro atoms. The lowest BCUT2D eigenvalue weighted by Gasteiger charge is -2.39. The van der Waals surface area contributed by atoms with E-state index in [4.69, 9.17) is 4.42 Å². The molecule has 2 nitrogen and oxygen atoms in total. The molecule has 0 fully saturated rings. The summed E-state index contributed by atoms with van der Waals surface area (Å²) >= 11 is 0. The molecule has 0 aliphatic heterocycles. The molecule has 0 saturated heterocycles. The predicted molar refractivity (Wildman–Crippen MR) is 259 cm³/mol. The number of allylic oxidation sites excluding steroid dienone is 4.